The molecule has 1 aliphatic rings. The third-order valence-electron chi connectivity index (χ3n) is 4.50. The van der Waals surface area contributed by atoms with Crippen LogP contribution in [-0.4, -0.2) is 49.5 Å². The van der Waals surface area contributed by atoms with Crippen molar-refractivity contribution in [3.8, 4) is 0 Å². The Morgan fingerprint density at radius 1 is 1.26 bits per heavy atom. The van der Waals surface area contributed by atoms with Crippen LogP contribution in [-0.2, 0) is 9.47 Å². The first-order valence-corrected chi connectivity index (χ1v) is 9.48. The number of anilines is 1. The smallest absolute Gasteiger partial charge is 0.426 e. The van der Waals surface area contributed by atoms with E-state index in [2.05, 4.69) is 10.1 Å². The van der Waals surface area contributed by atoms with Gasteiger partial charge < -0.3 is 9.47 Å². The highest BCUT2D eigenvalue weighted by atomic mass is 35.5. The molecule has 1 aliphatic heterocycles. The van der Waals surface area contributed by atoms with E-state index in [0.29, 0.717) is 10.6 Å². The van der Waals surface area contributed by atoms with Crippen molar-refractivity contribution >= 4 is 35.8 Å². The van der Waals surface area contributed by atoms with Gasteiger partial charge in [-0.2, -0.15) is 13.2 Å². The lowest BCUT2D eigenvalue weighted by atomic mass is 10.1. The number of halogens is 6. The van der Waals surface area contributed by atoms with E-state index in [4.69, 9.17) is 16.3 Å². The molecule has 1 saturated heterocycles. The zero-order valence-corrected chi connectivity index (χ0v) is 17.6. The first-order chi connectivity index (χ1) is 14.2. The van der Waals surface area contributed by atoms with E-state index in [9.17, 15) is 22.4 Å². The molecule has 5 nitrogen and oxygen atoms in total. The maximum Gasteiger partial charge on any atom is 0.426 e. The summed E-state index contributed by atoms with van der Waals surface area (Å²) in [5.74, 6) is -0.455. The molecular formula is C20H20Cl2F4N2O3. The molecule has 2 aromatic rings. The minimum Gasteiger partial charge on any atom is -0.435 e. The van der Waals surface area contributed by atoms with E-state index < -0.39 is 36.8 Å². The van der Waals surface area contributed by atoms with Gasteiger partial charge in [-0.15, -0.1) is 12.4 Å². The Hall–Kier alpha value is -2.07. The second-order valence-corrected chi connectivity index (χ2v) is 7.18. The molecule has 0 radical (unpaired) electrons. The lowest BCUT2D eigenvalue weighted by Crippen LogP contribution is -2.48. The average Bonchev–Trinajstić information content (AvgIpc) is 2.69. The predicted molar refractivity (Wildman–Crippen MR) is 110 cm³/mol. The summed E-state index contributed by atoms with van der Waals surface area (Å²) in [6.07, 6.45) is -8.90. The average molecular weight is 483 g/mol. The van der Waals surface area contributed by atoms with Crippen molar-refractivity contribution in [3.05, 3.63) is 64.9 Å². The number of carbonyl (C=O) groups excluding carboxylic acids is 1. The van der Waals surface area contributed by atoms with Gasteiger partial charge in [-0.25, -0.2) is 9.18 Å². The summed E-state index contributed by atoms with van der Waals surface area (Å²) in [6.45, 7) is -0.0613. The van der Waals surface area contributed by atoms with Crippen LogP contribution in [0, 0.1) is 5.82 Å². The molecule has 3 rings (SSSR count). The van der Waals surface area contributed by atoms with Crippen LogP contribution in [0.2, 0.25) is 5.02 Å². The third kappa shape index (κ3) is 7.53. The van der Waals surface area contributed by atoms with Gasteiger partial charge in [0.05, 0.1) is 12.7 Å². The number of carbonyl (C=O) groups is 1. The second-order valence-electron chi connectivity index (χ2n) is 6.74. The van der Waals surface area contributed by atoms with E-state index >= 15 is 0 Å². The van der Waals surface area contributed by atoms with Crippen molar-refractivity contribution in [3.63, 3.8) is 0 Å². The summed E-state index contributed by atoms with van der Waals surface area (Å²) >= 11 is 5.74. The van der Waals surface area contributed by atoms with Crippen LogP contribution in [0.3, 0.4) is 0 Å². The Morgan fingerprint density at radius 2 is 1.97 bits per heavy atom. The molecule has 1 heterocycles. The standard InChI is InChI=1S/C20H19ClF4N2O3.ClH/c21-14-4-6-16(7-5-14)26-19(28)30-18(20(23,24)25)12-27-8-9-29-17(11-27)13-2-1-3-15(22)10-13;/h1-7,10,17-18H,8-9,11-12H2,(H,26,28);1H/t17?,18-;/m0./s1. The van der Waals surface area contributed by atoms with E-state index in [0.717, 1.165) is 0 Å². The number of nitrogens with one attached hydrogen (secondary N) is 1. The minimum absolute atomic E-state index is 0. The highest BCUT2D eigenvalue weighted by molar-refractivity contribution is 6.30. The summed E-state index contributed by atoms with van der Waals surface area (Å²) in [5, 5.41) is 2.66. The summed E-state index contributed by atoms with van der Waals surface area (Å²) < 4.78 is 64.1. The van der Waals surface area contributed by atoms with E-state index in [-0.39, 0.29) is 37.8 Å². The van der Waals surface area contributed by atoms with Crippen LogP contribution < -0.4 is 5.32 Å². The van der Waals surface area contributed by atoms with E-state index in [1.54, 1.807) is 6.07 Å². The molecule has 0 spiro atoms. The largest absolute Gasteiger partial charge is 0.435 e. The number of nitrogens with zero attached hydrogens (tertiary/aromatic N) is 1. The van der Waals surface area contributed by atoms with E-state index in [1.807, 2.05) is 0 Å². The fourth-order valence-corrected chi connectivity index (χ4v) is 3.15. The van der Waals surface area contributed by atoms with Crippen molar-refractivity contribution in [2.24, 2.45) is 0 Å². The Kier molecular flexibility index (Phi) is 8.93. The molecule has 170 valence electrons. The summed E-state index contributed by atoms with van der Waals surface area (Å²) in [7, 11) is 0. The van der Waals surface area contributed by atoms with Gasteiger partial charge in [-0.1, -0.05) is 23.7 Å². The number of amides is 1. The van der Waals surface area contributed by atoms with Gasteiger partial charge >= 0.3 is 12.3 Å². The minimum atomic E-state index is -4.76. The first kappa shape index (κ1) is 25.2. The molecule has 1 amide bonds. The number of morpholine rings is 1. The predicted octanol–water partition coefficient (Wildman–Crippen LogP) is 5.45. The second kappa shape index (κ2) is 11.0. The molecule has 1 fully saturated rings. The van der Waals surface area contributed by atoms with Crippen LogP contribution in [0.4, 0.5) is 28.0 Å². The summed E-state index contributed by atoms with van der Waals surface area (Å²) in [5.41, 5.74) is 0.785. The highest BCUT2D eigenvalue weighted by Crippen LogP contribution is 2.28. The highest BCUT2D eigenvalue weighted by Gasteiger charge is 2.44. The number of benzene rings is 2. The summed E-state index contributed by atoms with van der Waals surface area (Å²) in [4.78, 5) is 13.4. The number of rotatable bonds is 5. The number of ether oxygens (including phenoxy) is 2. The van der Waals surface area contributed by atoms with Crippen molar-refractivity contribution in [2.75, 3.05) is 31.6 Å². The first-order valence-electron chi connectivity index (χ1n) is 9.10. The van der Waals surface area contributed by atoms with Gasteiger partial charge in [0.25, 0.3) is 0 Å². The quantitative estimate of drug-likeness (QED) is 0.575. The Morgan fingerprint density at radius 3 is 2.61 bits per heavy atom. The molecule has 0 bridgehead atoms. The normalized spacial score (nSPS) is 18.0. The van der Waals surface area contributed by atoms with Crippen LogP contribution in [0.15, 0.2) is 48.5 Å². The van der Waals surface area contributed by atoms with E-state index in [1.165, 1.54) is 47.4 Å². The lowest BCUT2D eigenvalue weighted by Gasteiger charge is -2.35. The summed E-state index contributed by atoms with van der Waals surface area (Å²) in [6, 6.07) is 11.6. The van der Waals surface area contributed by atoms with Gasteiger partial charge in [0.2, 0.25) is 6.10 Å². The van der Waals surface area contributed by atoms with Crippen molar-refractivity contribution in [2.45, 2.75) is 18.4 Å². The molecule has 2 atom stereocenters. The van der Waals surface area contributed by atoms with Gasteiger partial charge in [-0.05, 0) is 42.0 Å². The Bertz CT molecular complexity index is 868. The van der Waals surface area contributed by atoms with Gasteiger partial charge in [-0.3, -0.25) is 10.2 Å². The number of hydrogen-bond acceptors (Lipinski definition) is 4. The zero-order valence-electron chi connectivity index (χ0n) is 16.1. The fraction of sp³-hybridized carbons (Fsp3) is 0.350. The molecule has 31 heavy (non-hydrogen) atoms. The molecule has 0 saturated carbocycles. The lowest BCUT2D eigenvalue weighted by molar-refractivity contribution is -0.209. The van der Waals surface area contributed by atoms with Crippen LogP contribution >= 0.6 is 24.0 Å². The SMILES string of the molecule is Cl.O=C(Nc1ccc(Cl)cc1)O[C@@H](CN1CCOC(c2cccc(F)c2)C1)C(F)(F)F. The third-order valence-corrected chi connectivity index (χ3v) is 4.75. The Labute approximate surface area is 187 Å². The molecule has 1 unspecified atom stereocenters. The van der Waals surface area contributed by atoms with Crippen LogP contribution in [0.25, 0.3) is 0 Å². The molecule has 0 aromatic heterocycles. The number of alkyl halides is 3. The fourth-order valence-electron chi connectivity index (χ4n) is 3.03. The monoisotopic (exact) mass is 482 g/mol. The van der Waals surface area contributed by atoms with Crippen molar-refractivity contribution in [1.29, 1.82) is 0 Å². The van der Waals surface area contributed by atoms with Crippen molar-refractivity contribution in [1.82, 2.24) is 4.90 Å². The zero-order chi connectivity index (χ0) is 21.7. The topological polar surface area (TPSA) is 50.8 Å². The molecular weight excluding hydrogens is 463 g/mol. The molecule has 11 heteroatoms. The van der Waals surface area contributed by atoms with Gasteiger partial charge in [0.15, 0.2) is 0 Å². The maximum atomic E-state index is 13.5. The van der Waals surface area contributed by atoms with Gasteiger partial charge in [0, 0.05) is 30.3 Å². The number of hydrogen-bond donors (Lipinski definition) is 1. The molecule has 2 aromatic carbocycles. The maximum absolute atomic E-state index is 13.5. The molecule has 0 aliphatic carbocycles. The molecule has 1 N–H and O–H groups in total. The Balaban J connectivity index is 0.00000341. The van der Waals surface area contributed by atoms with Crippen LogP contribution in [0.1, 0.15) is 11.7 Å². The van der Waals surface area contributed by atoms with Crippen LogP contribution in [0.5, 0.6) is 0 Å². The van der Waals surface area contributed by atoms with Crippen molar-refractivity contribution < 1.29 is 31.8 Å². The van der Waals surface area contributed by atoms with Gasteiger partial charge in [0.1, 0.15) is 5.82 Å².